The van der Waals surface area contributed by atoms with Crippen LogP contribution in [-0.2, 0) is 14.4 Å². The lowest BCUT2D eigenvalue weighted by atomic mass is 9.95. The van der Waals surface area contributed by atoms with Crippen molar-refractivity contribution in [3.8, 4) is 0 Å². The Morgan fingerprint density at radius 1 is 0.933 bits per heavy atom. The van der Waals surface area contributed by atoms with Crippen LogP contribution in [0.5, 0.6) is 0 Å². The van der Waals surface area contributed by atoms with Crippen molar-refractivity contribution in [3.63, 3.8) is 0 Å². The van der Waals surface area contributed by atoms with Crippen molar-refractivity contribution in [2.45, 2.75) is 31.7 Å². The fourth-order valence-corrected chi connectivity index (χ4v) is 3.86. The van der Waals surface area contributed by atoms with E-state index in [0.717, 1.165) is 0 Å². The summed E-state index contributed by atoms with van der Waals surface area (Å²) in [6.45, 7) is 0.256. The van der Waals surface area contributed by atoms with E-state index in [0.29, 0.717) is 35.4 Å². The summed E-state index contributed by atoms with van der Waals surface area (Å²) < 4.78 is 0. The van der Waals surface area contributed by atoms with Gasteiger partial charge in [0.25, 0.3) is 11.7 Å². The van der Waals surface area contributed by atoms with Gasteiger partial charge in [-0.1, -0.05) is 66.6 Å². The van der Waals surface area contributed by atoms with Gasteiger partial charge in [0.2, 0.25) is 0 Å². The highest BCUT2D eigenvalue weighted by Crippen LogP contribution is 2.41. The van der Waals surface area contributed by atoms with E-state index in [4.69, 9.17) is 16.7 Å². The van der Waals surface area contributed by atoms with E-state index in [2.05, 4.69) is 0 Å². The van der Waals surface area contributed by atoms with Gasteiger partial charge in [-0.2, -0.15) is 0 Å². The van der Waals surface area contributed by atoms with Crippen molar-refractivity contribution in [2.75, 3.05) is 6.54 Å². The van der Waals surface area contributed by atoms with Crippen molar-refractivity contribution >= 4 is 35.0 Å². The second-order valence-electron chi connectivity index (χ2n) is 7.08. The van der Waals surface area contributed by atoms with Crippen LogP contribution >= 0.6 is 11.6 Å². The molecule has 1 unspecified atom stereocenters. The fraction of sp³-hybridized carbons (Fsp3) is 0.261. The van der Waals surface area contributed by atoms with Crippen LogP contribution in [0.4, 0.5) is 0 Å². The van der Waals surface area contributed by atoms with E-state index in [1.165, 1.54) is 4.90 Å². The number of hydrogen-bond donors (Lipinski definition) is 2. The molecule has 1 heterocycles. The molecule has 2 N–H and O–H groups in total. The van der Waals surface area contributed by atoms with Crippen molar-refractivity contribution in [3.05, 3.63) is 76.3 Å². The summed E-state index contributed by atoms with van der Waals surface area (Å²) in [5, 5.41) is 20.0. The minimum Gasteiger partial charge on any atom is -0.507 e. The Morgan fingerprint density at radius 2 is 1.60 bits per heavy atom. The number of benzene rings is 2. The van der Waals surface area contributed by atoms with E-state index in [1.807, 2.05) is 0 Å². The molecule has 2 aromatic carbocycles. The summed E-state index contributed by atoms with van der Waals surface area (Å²) >= 11 is 6.38. The number of carboxylic acids is 1. The minimum absolute atomic E-state index is 0.00448. The SMILES string of the molecule is O=C(O)CCCCCN1C(=O)C(=O)C(=C(O)c2ccccc2)C1c1ccccc1Cl. The predicted molar refractivity (Wildman–Crippen MR) is 113 cm³/mol. The molecule has 2 aromatic rings. The van der Waals surface area contributed by atoms with Crippen LogP contribution in [0.25, 0.3) is 5.76 Å². The van der Waals surface area contributed by atoms with Crippen molar-refractivity contribution in [1.82, 2.24) is 4.90 Å². The number of unbranched alkanes of at least 4 members (excludes halogenated alkanes) is 2. The van der Waals surface area contributed by atoms with Gasteiger partial charge in [0.05, 0.1) is 11.6 Å². The molecule has 1 atom stereocenters. The molecule has 1 amide bonds. The monoisotopic (exact) mass is 427 g/mol. The lowest BCUT2D eigenvalue weighted by Crippen LogP contribution is -2.30. The second-order valence-corrected chi connectivity index (χ2v) is 7.49. The van der Waals surface area contributed by atoms with E-state index >= 15 is 0 Å². The summed E-state index contributed by atoms with van der Waals surface area (Å²) in [6, 6.07) is 14.7. The number of likely N-dealkylation sites (tertiary alicyclic amines) is 1. The summed E-state index contributed by atoms with van der Waals surface area (Å²) in [7, 11) is 0. The zero-order valence-corrected chi connectivity index (χ0v) is 17.0. The van der Waals surface area contributed by atoms with E-state index < -0.39 is 23.7 Å². The highest BCUT2D eigenvalue weighted by atomic mass is 35.5. The molecule has 0 radical (unpaired) electrons. The molecule has 3 rings (SSSR count). The maximum Gasteiger partial charge on any atom is 0.303 e. The van der Waals surface area contributed by atoms with E-state index in [-0.39, 0.29) is 24.3 Å². The smallest absolute Gasteiger partial charge is 0.303 e. The molecular weight excluding hydrogens is 406 g/mol. The van der Waals surface area contributed by atoms with Crippen molar-refractivity contribution in [2.24, 2.45) is 0 Å². The zero-order chi connectivity index (χ0) is 21.7. The van der Waals surface area contributed by atoms with Crippen molar-refractivity contribution < 1.29 is 24.6 Å². The van der Waals surface area contributed by atoms with Crippen LogP contribution in [0, 0.1) is 0 Å². The summed E-state index contributed by atoms with van der Waals surface area (Å²) in [6.07, 6.45) is 1.68. The third-order valence-electron chi connectivity index (χ3n) is 5.08. The third kappa shape index (κ3) is 4.54. The number of nitrogens with zero attached hydrogens (tertiary/aromatic N) is 1. The van der Waals surface area contributed by atoms with Crippen LogP contribution in [0.15, 0.2) is 60.2 Å². The van der Waals surface area contributed by atoms with Crippen molar-refractivity contribution in [1.29, 1.82) is 0 Å². The standard InChI is InChI=1S/C23H22ClNO5/c24-17-12-7-6-11-16(17)20-19(21(28)15-9-3-1-4-10-15)22(29)23(30)25(20)14-8-2-5-13-18(26)27/h1,3-4,6-7,9-12,20,28H,2,5,8,13-14H2,(H,26,27). The van der Waals surface area contributed by atoms with Crippen LogP contribution in [0.2, 0.25) is 5.02 Å². The minimum atomic E-state index is -0.866. The normalized spacial score (nSPS) is 18.0. The van der Waals surface area contributed by atoms with Crippen LogP contribution in [-0.4, -0.2) is 39.3 Å². The van der Waals surface area contributed by atoms with Gasteiger partial charge in [-0.25, -0.2) is 0 Å². The number of amides is 1. The molecule has 0 aliphatic carbocycles. The quantitative estimate of drug-likeness (QED) is 0.281. The summed E-state index contributed by atoms with van der Waals surface area (Å²) in [4.78, 5) is 37.8. The molecule has 1 aliphatic heterocycles. The highest BCUT2D eigenvalue weighted by Gasteiger charge is 2.46. The molecule has 1 aliphatic rings. The van der Waals surface area contributed by atoms with Gasteiger partial charge in [-0.3, -0.25) is 14.4 Å². The Kier molecular flexibility index (Phi) is 6.90. The molecule has 30 heavy (non-hydrogen) atoms. The maximum atomic E-state index is 12.9. The first-order valence-electron chi connectivity index (χ1n) is 9.72. The molecule has 0 aromatic heterocycles. The largest absolute Gasteiger partial charge is 0.507 e. The lowest BCUT2D eigenvalue weighted by molar-refractivity contribution is -0.140. The number of ketones is 1. The molecule has 0 spiro atoms. The average molecular weight is 428 g/mol. The molecule has 1 fully saturated rings. The fourth-order valence-electron chi connectivity index (χ4n) is 3.62. The average Bonchev–Trinajstić information content (AvgIpc) is 2.98. The predicted octanol–water partition coefficient (Wildman–Crippen LogP) is 4.41. The number of aliphatic hydroxyl groups excluding tert-OH is 1. The molecule has 0 bridgehead atoms. The van der Waals surface area contributed by atoms with Crippen LogP contribution < -0.4 is 0 Å². The van der Waals surface area contributed by atoms with Gasteiger partial charge < -0.3 is 15.1 Å². The number of carbonyl (C=O) groups is 3. The number of carboxylic acid groups (broad SMARTS) is 1. The van der Waals surface area contributed by atoms with E-state index in [9.17, 15) is 19.5 Å². The Labute approximate surface area is 179 Å². The molecule has 6 nitrogen and oxygen atoms in total. The Bertz CT molecular complexity index is 986. The van der Waals surface area contributed by atoms with Crippen LogP contribution in [0.3, 0.4) is 0 Å². The Morgan fingerprint density at radius 3 is 2.27 bits per heavy atom. The molecular formula is C23H22ClNO5. The Hall–Kier alpha value is -3.12. The van der Waals surface area contributed by atoms with Gasteiger partial charge in [0.1, 0.15) is 5.76 Å². The first-order chi connectivity index (χ1) is 14.4. The number of aliphatic hydroxyl groups is 1. The lowest BCUT2D eigenvalue weighted by Gasteiger charge is -2.26. The number of hydrogen-bond acceptors (Lipinski definition) is 4. The zero-order valence-electron chi connectivity index (χ0n) is 16.3. The number of carbonyl (C=O) groups excluding carboxylic acids is 2. The first-order valence-corrected chi connectivity index (χ1v) is 10.1. The summed E-state index contributed by atoms with van der Waals surface area (Å²) in [5.41, 5.74) is 1.00. The number of aliphatic carboxylic acids is 1. The van der Waals surface area contributed by atoms with Gasteiger partial charge >= 0.3 is 5.97 Å². The van der Waals surface area contributed by atoms with Crippen LogP contribution in [0.1, 0.15) is 42.9 Å². The summed E-state index contributed by atoms with van der Waals surface area (Å²) in [5.74, 6) is -2.57. The van der Waals surface area contributed by atoms with Gasteiger partial charge in [-0.15, -0.1) is 0 Å². The first kappa shape index (κ1) is 21.6. The molecule has 7 heteroatoms. The Balaban J connectivity index is 1.98. The topological polar surface area (TPSA) is 94.9 Å². The van der Waals surface area contributed by atoms with Gasteiger partial charge in [0.15, 0.2) is 0 Å². The third-order valence-corrected chi connectivity index (χ3v) is 5.42. The number of Topliss-reactive ketones (excluding diaryl/α,β-unsaturated/α-hetero) is 1. The molecule has 0 saturated carbocycles. The molecule has 1 saturated heterocycles. The number of rotatable bonds is 8. The van der Waals surface area contributed by atoms with E-state index in [1.54, 1.807) is 54.6 Å². The second kappa shape index (κ2) is 9.59. The number of halogens is 1. The maximum absolute atomic E-state index is 12.9. The van der Waals surface area contributed by atoms with Gasteiger partial charge in [0, 0.05) is 23.6 Å². The highest BCUT2D eigenvalue weighted by molar-refractivity contribution is 6.47. The molecule has 156 valence electrons. The van der Waals surface area contributed by atoms with Gasteiger partial charge in [-0.05, 0) is 24.5 Å².